The Morgan fingerprint density at radius 3 is 2.59 bits per heavy atom. The lowest BCUT2D eigenvalue weighted by Gasteiger charge is -2.28. The summed E-state index contributed by atoms with van der Waals surface area (Å²) in [5.74, 6) is 0.867. The van der Waals surface area contributed by atoms with Gasteiger partial charge in [-0.15, -0.1) is 10.2 Å². The van der Waals surface area contributed by atoms with Crippen LogP contribution in [0.15, 0.2) is 53.7 Å². The van der Waals surface area contributed by atoms with E-state index >= 15 is 0 Å². The maximum Gasteiger partial charge on any atom is 0.328 e. The molecule has 9 heteroatoms. The van der Waals surface area contributed by atoms with Gasteiger partial charge in [-0.25, -0.2) is 4.79 Å². The Bertz CT molecular complexity index is 1450. The molecule has 4 aromatic rings. The molecule has 1 aliphatic rings. The molecule has 1 N–H and O–H groups in total. The number of pyridine rings is 1. The van der Waals surface area contributed by atoms with Crippen LogP contribution in [0, 0.1) is 11.8 Å². The molecule has 1 saturated carbocycles. The highest BCUT2D eigenvalue weighted by Crippen LogP contribution is 2.37. The first-order chi connectivity index (χ1) is 19.0. The predicted molar refractivity (Wildman–Crippen MR) is 150 cm³/mol. The molecule has 5 rings (SSSR count). The van der Waals surface area contributed by atoms with Gasteiger partial charge in [-0.05, 0) is 66.5 Å². The van der Waals surface area contributed by atoms with Crippen molar-refractivity contribution in [2.75, 3.05) is 0 Å². The number of ketones is 1. The molecule has 0 radical (unpaired) electrons. The van der Waals surface area contributed by atoms with E-state index in [1.807, 2.05) is 51.9 Å². The molecule has 0 bridgehead atoms. The maximum absolute atomic E-state index is 14.1. The molecule has 1 aliphatic carbocycles. The van der Waals surface area contributed by atoms with Crippen LogP contribution in [0.1, 0.15) is 76.6 Å². The molecule has 3 aromatic heterocycles. The van der Waals surface area contributed by atoms with E-state index in [2.05, 4.69) is 39.5 Å². The molecule has 3 heterocycles. The summed E-state index contributed by atoms with van der Waals surface area (Å²) in [6, 6.07) is 9.88. The Hall–Kier alpha value is -3.88. The van der Waals surface area contributed by atoms with Gasteiger partial charge in [0.25, 0.3) is 0 Å². The van der Waals surface area contributed by atoms with Crippen LogP contribution in [0.4, 0.5) is 0 Å². The molecule has 3 atom stereocenters. The molecule has 1 fully saturated rings. The monoisotopic (exact) mass is 527 g/mol. The van der Waals surface area contributed by atoms with Crippen LogP contribution in [0.2, 0.25) is 0 Å². The van der Waals surface area contributed by atoms with Crippen molar-refractivity contribution in [1.29, 1.82) is 0 Å². The van der Waals surface area contributed by atoms with Gasteiger partial charge in [-0.2, -0.15) is 5.21 Å². The molecule has 0 spiro atoms. The first kappa shape index (κ1) is 26.7. The fourth-order valence-corrected chi connectivity index (χ4v) is 6.06. The van der Waals surface area contributed by atoms with Crippen LogP contribution >= 0.6 is 0 Å². The minimum atomic E-state index is -0.123. The zero-order valence-electron chi connectivity index (χ0n) is 23.0. The van der Waals surface area contributed by atoms with Crippen LogP contribution in [0.25, 0.3) is 22.5 Å². The first-order valence-corrected chi connectivity index (χ1v) is 14.1. The number of tetrazole rings is 1. The van der Waals surface area contributed by atoms with Crippen molar-refractivity contribution >= 4 is 5.78 Å². The van der Waals surface area contributed by atoms with Gasteiger partial charge in [0.15, 0.2) is 0 Å². The van der Waals surface area contributed by atoms with Crippen molar-refractivity contribution in [3.05, 3.63) is 70.7 Å². The second kappa shape index (κ2) is 11.9. The Labute approximate surface area is 228 Å². The van der Waals surface area contributed by atoms with E-state index in [1.54, 1.807) is 13.1 Å². The lowest BCUT2D eigenvalue weighted by Crippen LogP contribution is -2.36. The van der Waals surface area contributed by atoms with E-state index in [9.17, 15) is 9.59 Å². The van der Waals surface area contributed by atoms with Crippen LogP contribution in [-0.4, -0.2) is 40.5 Å². The average Bonchev–Trinajstić information content (AvgIpc) is 3.53. The van der Waals surface area contributed by atoms with Crippen molar-refractivity contribution in [2.45, 2.75) is 78.3 Å². The largest absolute Gasteiger partial charge is 0.328 e. The number of H-pyrrole nitrogens is 1. The van der Waals surface area contributed by atoms with Crippen LogP contribution in [0.3, 0.4) is 0 Å². The summed E-state index contributed by atoms with van der Waals surface area (Å²) >= 11 is 0. The fraction of sp³-hybridized carbons (Fsp3) is 0.467. The molecule has 204 valence electrons. The van der Waals surface area contributed by atoms with E-state index in [1.165, 1.54) is 0 Å². The Morgan fingerprint density at radius 2 is 1.87 bits per heavy atom. The number of carbonyl (C=O) groups excluding carboxylic acids is 1. The van der Waals surface area contributed by atoms with Crippen LogP contribution in [0.5, 0.6) is 0 Å². The standard InChI is InChI=1S/C30H37N7O2/c1-4-5-9-25-19-37(28-20(2)8-6-7-10-26(28)21(3)38)30(39)36(25)18-24-17-31-16-15-27(24)22-11-13-23(14-12-22)29-32-34-35-33-29/h11-17,19-20,26,28H,4-10,18H2,1-3H3,(H,32,33,34,35). The lowest BCUT2D eigenvalue weighted by molar-refractivity contribution is -0.122. The van der Waals surface area contributed by atoms with Crippen molar-refractivity contribution in [3.8, 4) is 22.5 Å². The molecule has 9 nitrogen and oxygen atoms in total. The molecular weight excluding hydrogens is 490 g/mol. The van der Waals surface area contributed by atoms with Crippen molar-refractivity contribution in [2.24, 2.45) is 11.8 Å². The van der Waals surface area contributed by atoms with E-state index in [0.29, 0.717) is 12.4 Å². The van der Waals surface area contributed by atoms with Gasteiger partial charge in [-0.1, -0.05) is 57.4 Å². The van der Waals surface area contributed by atoms with Crippen molar-refractivity contribution in [3.63, 3.8) is 0 Å². The second-order valence-electron chi connectivity index (χ2n) is 10.8. The molecule has 1 aromatic carbocycles. The smallest absolute Gasteiger partial charge is 0.300 e. The van der Waals surface area contributed by atoms with Gasteiger partial charge >= 0.3 is 5.69 Å². The Balaban J connectivity index is 1.53. The quantitative estimate of drug-likeness (QED) is 0.298. The van der Waals surface area contributed by atoms with Crippen molar-refractivity contribution < 1.29 is 4.79 Å². The SMILES string of the molecule is CCCCc1cn(C2C(C)CCCCC2C(C)=O)c(=O)n1Cc1cnccc1-c1ccc(-c2nn[nH]n2)cc1. The number of hydrogen-bond acceptors (Lipinski definition) is 6. The summed E-state index contributed by atoms with van der Waals surface area (Å²) < 4.78 is 3.79. The van der Waals surface area contributed by atoms with Gasteiger partial charge in [0.05, 0.1) is 12.6 Å². The number of aryl methyl sites for hydroxylation is 1. The third-order valence-electron chi connectivity index (χ3n) is 8.17. The average molecular weight is 528 g/mol. The first-order valence-electron chi connectivity index (χ1n) is 14.1. The number of nitrogens with one attached hydrogen (secondary N) is 1. The number of aromatic amines is 1. The van der Waals surface area contributed by atoms with Gasteiger partial charge in [0, 0.05) is 35.8 Å². The Morgan fingerprint density at radius 1 is 1.10 bits per heavy atom. The summed E-state index contributed by atoms with van der Waals surface area (Å²) in [6.07, 6.45) is 12.5. The lowest BCUT2D eigenvalue weighted by atomic mass is 9.85. The number of nitrogens with zero attached hydrogens (tertiary/aromatic N) is 6. The van der Waals surface area contributed by atoms with Crippen LogP contribution in [-0.2, 0) is 17.8 Å². The highest BCUT2D eigenvalue weighted by Gasteiger charge is 2.35. The fourth-order valence-electron chi connectivity index (χ4n) is 6.06. The number of imidazole rings is 1. The number of unbranched alkanes of at least 4 members (excludes halogenated alkanes) is 1. The van der Waals surface area contributed by atoms with E-state index in [4.69, 9.17) is 0 Å². The molecule has 0 aliphatic heterocycles. The minimum absolute atomic E-state index is 0.0339. The zero-order chi connectivity index (χ0) is 27.4. The number of benzene rings is 1. The molecule has 39 heavy (non-hydrogen) atoms. The summed E-state index contributed by atoms with van der Waals surface area (Å²) in [4.78, 5) is 31.2. The second-order valence-corrected chi connectivity index (χ2v) is 10.8. The van der Waals surface area contributed by atoms with E-state index in [-0.39, 0.29) is 29.4 Å². The van der Waals surface area contributed by atoms with Gasteiger partial charge < -0.3 is 0 Å². The molecule has 3 unspecified atom stereocenters. The van der Waals surface area contributed by atoms with Crippen molar-refractivity contribution in [1.82, 2.24) is 34.7 Å². The summed E-state index contributed by atoms with van der Waals surface area (Å²) in [6.45, 7) is 6.46. The molecular formula is C30H37N7O2. The summed E-state index contributed by atoms with van der Waals surface area (Å²) in [7, 11) is 0. The number of aromatic nitrogens is 7. The maximum atomic E-state index is 14.1. The third-order valence-corrected chi connectivity index (χ3v) is 8.17. The number of hydrogen-bond donors (Lipinski definition) is 1. The third kappa shape index (κ3) is 5.62. The normalized spacial score (nSPS) is 19.6. The minimum Gasteiger partial charge on any atom is -0.300 e. The highest BCUT2D eigenvalue weighted by molar-refractivity contribution is 5.79. The predicted octanol–water partition coefficient (Wildman–Crippen LogP) is 5.24. The summed E-state index contributed by atoms with van der Waals surface area (Å²) in [5, 5.41) is 14.2. The summed E-state index contributed by atoms with van der Waals surface area (Å²) in [5.41, 5.74) is 4.87. The van der Waals surface area contributed by atoms with Crippen LogP contribution < -0.4 is 5.69 Å². The Kier molecular flexibility index (Phi) is 8.14. The molecule has 0 saturated heterocycles. The van der Waals surface area contributed by atoms with E-state index in [0.717, 1.165) is 72.9 Å². The van der Waals surface area contributed by atoms with E-state index < -0.39 is 0 Å². The highest BCUT2D eigenvalue weighted by atomic mass is 16.2. The number of Topliss-reactive ketones (excluding diaryl/α,β-unsaturated/α-hetero) is 1. The van der Waals surface area contributed by atoms with Gasteiger partial charge in [-0.3, -0.25) is 18.9 Å². The topological polar surface area (TPSA) is 111 Å². The van der Waals surface area contributed by atoms with Gasteiger partial charge in [0.2, 0.25) is 5.82 Å². The molecule has 0 amide bonds. The number of carbonyl (C=O) groups is 1. The zero-order valence-corrected chi connectivity index (χ0v) is 23.0. The van der Waals surface area contributed by atoms with Gasteiger partial charge in [0.1, 0.15) is 5.78 Å². The number of rotatable bonds is 9.